The van der Waals surface area contributed by atoms with Gasteiger partial charge in [0, 0.05) is 59.9 Å². The van der Waals surface area contributed by atoms with Crippen molar-refractivity contribution in [3.05, 3.63) is 0 Å². The molecule has 0 saturated carbocycles. The number of piperazine rings is 1. The van der Waals surface area contributed by atoms with Crippen molar-refractivity contribution in [1.29, 1.82) is 0 Å². The SMILES string of the molecule is O=C(CCI)N1CCN(I)CC1. The number of alkyl halides is 1. The summed E-state index contributed by atoms with van der Waals surface area (Å²) in [5, 5.41) is 0. The lowest BCUT2D eigenvalue weighted by molar-refractivity contribution is -0.131. The Kier molecular flexibility index (Phi) is 5.10. The summed E-state index contributed by atoms with van der Waals surface area (Å²) < 4.78 is 3.16. The van der Waals surface area contributed by atoms with Gasteiger partial charge in [-0.05, 0) is 0 Å². The van der Waals surface area contributed by atoms with Crippen molar-refractivity contribution in [2.75, 3.05) is 30.6 Å². The molecule has 0 spiro atoms. The average Bonchev–Trinajstić information content (AvgIpc) is 2.06. The molecule has 0 aromatic carbocycles. The molecule has 1 aliphatic rings. The van der Waals surface area contributed by atoms with Gasteiger partial charge in [-0.15, -0.1) is 0 Å². The minimum Gasteiger partial charge on any atom is -0.340 e. The van der Waals surface area contributed by atoms with E-state index in [4.69, 9.17) is 0 Å². The number of halogens is 2. The van der Waals surface area contributed by atoms with E-state index < -0.39 is 0 Å². The molecule has 0 atom stereocenters. The number of hydrogen-bond donors (Lipinski definition) is 0. The maximum absolute atomic E-state index is 11.4. The van der Waals surface area contributed by atoms with Crippen molar-refractivity contribution in [1.82, 2.24) is 8.01 Å². The third-order valence-corrected chi connectivity index (χ3v) is 3.39. The highest BCUT2D eigenvalue weighted by molar-refractivity contribution is 14.1. The number of carbonyl (C=O) groups excluding carboxylic acids is 1. The highest BCUT2D eigenvalue weighted by Crippen LogP contribution is 2.07. The van der Waals surface area contributed by atoms with Gasteiger partial charge in [-0.1, -0.05) is 22.6 Å². The zero-order chi connectivity index (χ0) is 8.97. The number of rotatable bonds is 2. The summed E-state index contributed by atoms with van der Waals surface area (Å²) in [6.45, 7) is 3.82. The van der Waals surface area contributed by atoms with Crippen molar-refractivity contribution < 1.29 is 4.79 Å². The van der Waals surface area contributed by atoms with E-state index in [9.17, 15) is 4.79 Å². The quantitative estimate of drug-likeness (QED) is 0.401. The number of amides is 1. The van der Waals surface area contributed by atoms with E-state index >= 15 is 0 Å². The molecule has 70 valence electrons. The Hall–Kier alpha value is 0.890. The van der Waals surface area contributed by atoms with Crippen LogP contribution in [0.5, 0.6) is 0 Å². The van der Waals surface area contributed by atoms with Gasteiger partial charge in [-0.3, -0.25) is 4.79 Å². The van der Waals surface area contributed by atoms with Crippen LogP contribution in [-0.2, 0) is 4.79 Å². The summed E-state index contributed by atoms with van der Waals surface area (Å²) >= 11 is 4.55. The van der Waals surface area contributed by atoms with Gasteiger partial charge in [0.25, 0.3) is 0 Å². The zero-order valence-corrected chi connectivity index (χ0v) is 11.1. The summed E-state index contributed by atoms with van der Waals surface area (Å²) in [5.74, 6) is 0.314. The lowest BCUT2D eigenvalue weighted by Gasteiger charge is -2.31. The highest BCUT2D eigenvalue weighted by atomic mass is 127. The Labute approximate surface area is 100 Å². The Morgan fingerprint density at radius 3 is 2.33 bits per heavy atom. The molecular formula is C7H12I2N2O. The first-order valence-electron chi connectivity index (χ1n) is 3.98. The topological polar surface area (TPSA) is 23.6 Å². The first kappa shape index (κ1) is 11.0. The van der Waals surface area contributed by atoms with E-state index in [-0.39, 0.29) is 0 Å². The molecule has 1 heterocycles. The van der Waals surface area contributed by atoms with Crippen molar-refractivity contribution in [2.45, 2.75) is 6.42 Å². The van der Waals surface area contributed by atoms with Crippen LogP contribution in [0, 0.1) is 0 Å². The Bertz CT molecular complexity index is 157. The molecule has 0 aromatic heterocycles. The van der Waals surface area contributed by atoms with Crippen LogP contribution in [0.4, 0.5) is 0 Å². The largest absolute Gasteiger partial charge is 0.340 e. The van der Waals surface area contributed by atoms with Crippen LogP contribution in [0.2, 0.25) is 0 Å². The van der Waals surface area contributed by atoms with Crippen LogP contribution in [0.3, 0.4) is 0 Å². The summed E-state index contributed by atoms with van der Waals surface area (Å²) in [6.07, 6.45) is 0.696. The van der Waals surface area contributed by atoms with Crippen molar-refractivity contribution >= 4 is 51.4 Å². The zero-order valence-electron chi connectivity index (χ0n) is 6.80. The molecule has 0 aliphatic carbocycles. The standard InChI is InChI=1S/C7H12I2N2O/c8-2-1-7(12)10-3-5-11(9)6-4-10/h1-6H2. The Balaban J connectivity index is 2.29. The molecular weight excluding hydrogens is 382 g/mol. The van der Waals surface area contributed by atoms with E-state index in [2.05, 4.69) is 48.6 Å². The smallest absolute Gasteiger partial charge is 0.223 e. The van der Waals surface area contributed by atoms with Crippen molar-refractivity contribution in [2.24, 2.45) is 0 Å². The molecule has 12 heavy (non-hydrogen) atoms. The van der Waals surface area contributed by atoms with Gasteiger partial charge in [0.05, 0.1) is 0 Å². The fourth-order valence-electron chi connectivity index (χ4n) is 1.17. The summed E-state index contributed by atoms with van der Waals surface area (Å²) in [5.41, 5.74) is 0. The first-order valence-corrected chi connectivity index (χ1v) is 6.47. The summed E-state index contributed by atoms with van der Waals surface area (Å²) in [4.78, 5) is 13.4. The highest BCUT2D eigenvalue weighted by Gasteiger charge is 2.18. The Morgan fingerprint density at radius 1 is 1.25 bits per heavy atom. The molecule has 3 nitrogen and oxygen atoms in total. The molecule has 0 radical (unpaired) electrons. The van der Waals surface area contributed by atoms with Gasteiger partial charge >= 0.3 is 0 Å². The predicted octanol–water partition coefficient (Wildman–Crippen LogP) is 1.31. The van der Waals surface area contributed by atoms with Crippen LogP contribution < -0.4 is 0 Å². The predicted molar refractivity (Wildman–Crippen MR) is 65.7 cm³/mol. The van der Waals surface area contributed by atoms with E-state index in [1.807, 2.05) is 4.90 Å². The third-order valence-electron chi connectivity index (χ3n) is 1.89. The molecule has 1 saturated heterocycles. The second-order valence-corrected chi connectivity index (χ2v) is 5.17. The molecule has 1 aliphatic heterocycles. The van der Waals surface area contributed by atoms with Gasteiger partial charge in [-0.25, -0.2) is 3.11 Å². The van der Waals surface area contributed by atoms with Crippen LogP contribution in [0.25, 0.3) is 0 Å². The van der Waals surface area contributed by atoms with Crippen LogP contribution in [0.1, 0.15) is 6.42 Å². The minimum atomic E-state index is 0.314. The molecule has 5 heteroatoms. The molecule has 0 bridgehead atoms. The van der Waals surface area contributed by atoms with Gasteiger partial charge < -0.3 is 4.90 Å². The number of carbonyl (C=O) groups is 1. The molecule has 1 fully saturated rings. The van der Waals surface area contributed by atoms with Crippen LogP contribution >= 0.6 is 45.5 Å². The maximum Gasteiger partial charge on any atom is 0.223 e. The molecule has 1 amide bonds. The average molecular weight is 394 g/mol. The Morgan fingerprint density at radius 2 is 1.83 bits per heavy atom. The van der Waals surface area contributed by atoms with E-state index in [1.54, 1.807) is 0 Å². The third kappa shape index (κ3) is 3.33. The maximum atomic E-state index is 11.4. The lowest BCUT2D eigenvalue weighted by Crippen LogP contribution is -2.45. The minimum absolute atomic E-state index is 0.314. The lowest BCUT2D eigenvalue weighted by atomic mass is 10.3. The second kappa shape index (κ2) is 5.58. The normalized spacial score (nSPS) is 19.7. The van der Waals surface area contributed by atoms with Gasteiger partial charge in [0.2, 0.25) is 5.91 Å². The molecule has 0 aromatic rings. The van der Waals surface area contributed by atoms with Gasteiger partial charge in [0.1, 0.15) is 0 Å². The van der Waals surface area contributed by atoms with Gasteiger partial charge in [-0.2, -0.15) is 0 Å². The van der Waals surface area contributed by atoms with Gasteiger partial charge in [0.15, 0.2) is 0 Å². The van der Waals surface area contributed by atoms with E-state index in [0.29, 0.717) is 12.3 Å². The summed E-state index contributed by atoms with van der Waals surface area (Å²) in [6, 6.07) is 0. The van der Waals surface area contributed by atoms with Crippen LogP contribution in [0.15, 0.2) is 0 Å². The molecule has 1 rings (SSSR count). The van der Waals surface area contributed by atoms with E-state index in [1.165, 1.54) is 0 Å². The fourth-order valence-corrected chi connectivity index (χ4v) is 2.06. The van der Waals surface area contributed by atoms with Crippen molar-refractivity contribution in [3.8, 4) is 0 Å². The van der Waals surface area contributed by atoms with Crippen molar-refractivity contribution in [3.63, 3.8) is 0 Å². The number of nitrogens with zero attached hydrogens (tertiary/aromatic N) is 2. The fraction of sp³-hybridized carbons (Fsp3) is 0.857. The first-order chi connectivity index (χ1) is 5.74. The van der Waals surface area contributed by atoms with E-state index in [0.717, 1.165) is 30.6 Å². The number of hydrogen-bond acceptors (Lipinski definition) is 2. The summed E-state index contributed by atoms with van der Waals surface area (Å²) in [7, 11) is 0. The second-order valence-electron chi connectivity index (χ2n) is 2.73. The molecule has 0 unspecified atom stereocenters. The van der Waals surface area contributed by atoms with Crippen LogP contribution in [-0.4, -0.2) is 44.5 Å². The molecule has 0 N–H and O–H groups in total. The monoisotopic (exact) mass is 394 g/mol.